The average Bonchev–Trinajstić information content (AvgIpc) is 2.96. The summed E-state index contributed by atoms with van der Waals surface area (Å²) < 4.78 is 6.36. The first kappa shape index (κ1) is 13.1. The largest absolute Gasteiger partial charge is 0.455 e. The van der Waals surface area contributed by atoms with Crippen molar-refractivity contribution >= 4 is 21.7 Å². The number of benzene rings is 3. The van der Waals surface area contributed by atoms with Crippen LogP contribution in [0.25, 0.3) is 33.1 Å². The first-order valence-electron chi connectivity index (χ1n) is 7.75. The van der Waals surface area contributed by atoms with Crippen molar-refractivity contribution in [2.75, 3.05) is 0 Å². The van der Waals surface area contributed by atoms with E-state index in [1.54, 1.807) is 0 Å². The van der Waals surface area contributed by atoms with E-state index < -0.39 is 0 Å². The Morgan fingerprint density at radius 1 is 0.727 bits per heavy atom. The van der Waals surface area contributed by atoms with E-state index in [0.29, 0.717) is 5.92 Å². The first-order chi connectivity index (χ1) is 10.8. The van der Waals surface area contributed by atoms with Crippen LogP contribution in [0.2, 0.25) is 0 Å². The molecular formula is C21H18O. The number of fused-ring (bicyclic) bond motifs is 3. The molecule has 0 aliphatic carbocycles. The lowest BCUT2D eigenvalue weighted by Gasteiger charge is -2.06. The minimum atomic E-state index is 0.414. The van der Waals surface area contributed by atoms with Crippen molar-refractivity contribution < 1.29 is 4.42 Å². The van der Waals surface area contributed by atoms with E-state index >= 15 is 0 Å². The smallest absolute Gasteiger partial charge is 0.142 e. The van der Waals surface area contributed by atoms with Gasteiger partial charge in [-0.3, -0.25) is 0 Å². The molecule has 3 aromatic carbocycles. The van der Waals surface area contributed by atoms with Gasteiger partial charge in [-0.25, -0.2) is 0 Å². The zero-order chi connectivity index (χ0) is 15.1. The fourth-order valence-electron chi connectivity index (χ4n) is 3.22. The Bertz CT molecular complexity index is 946. The highest BCUT2D eigenvalue weighted by Crippen LogP contribution is 2.40. The summed E-state index contributed by atoms with van der Waals surface area (Å²) in [6, 6.07) is 23.2. The Balaban J connectivity index is 2.13. The molecule has 108 valence electrons. The van der Waals surface area contributed by atoms with Crippen LogP contribution in [0.3, 0.4) is 0 Å². The molecule has 0 aliphatic rings. The maximum atomic E-state index is 6.36. The fourth-order valence-corrected chi connectivity index (χ4v) is 3.22. The molecule has 0 N–H and O–H groups in total. The quantitative estimate of drug-likeness (QED) is 0.417. The van der Waals surface area contributed by atoms with Gasteiger partial charge in [0.15, 0.2) is 0 Å². The molecule has 0 unspecified atom stereocenters. The van der Waals surface area contributed by atoms with Gasteiger partial charge >= 0.3 is 0 Å². The van der Waals surface area contributed by atoms with Crippen LogP contribution >= 0.6 is 0 Å². The highest BCUT2D eigenvalue weighted by Gasteiger charge is 2.19. The summed E-state index contributed by atoms with van der Waals surface area (Å²) in [5, 5.41) is 3.63. The van der Waals surface area contributed by atoms with Crippen molar-refractivity contribution in [1.82, 2.24) is 0 Å². The summed E-state index contributed by atoms with van der Waals surface area (Å²) in [6.07, 6.45) is 0. The van der Waals surface area contributed by atoms with Gasteiger partial charge in [-0.15, -0.1) is 0 Å². The van der Waals surface area contributed by atoms with Crippen molar-refractivity contribution in [3.8, 4) is 11.3 Å². The van der Waals surface area contributed by atoms with Crippen LogP contribution in [0.4, 0.5) is 0 Å². The summed E-state index contributed by atoms with van der Waals surface area (Å²) in [7, 11) is 0. The predicted octanol–water partition coefficient (Wildman–Crippen LogP) is 6.38. The maximum absolute atomic E-state index is 6.36. The van der Waals surface area contributed by atoms with Crippen LogP contribution < -0.4 is 0 Å². The zero-order valence-electron chi connectivity index (χ0n) is 12.8. The molecule has 4 aromatic rings. The average molecular weight is 286 g/mol. The minimum absolute atomic E-state index is 0.414. The third-order valence-electron chi connectivity index (χ3n) is 4.23. The van der Waals surface area contributed by atoms with Gasteiger partial charge in [-0.1, -0.05) is 80.6 Å². The van der Waals surface area contributed by atoms with Crippen LogP contribution in [0, 0.1) is 0 Å². The molecule has 0 spiro atoms. The van der Waals surface area contributed by atoms with E-state index in [1.165, 1.54) is 21.7 Å². The molecule has 1 heteroatoms. The molecule has 1 heterocycles. The molecule has 0 saturated carbocycles. The van der Waals surface area contributed by atoms with Crippen LogP contribution in [-0.4, -0.2) is 0 Å². The van der Waals surface area contributed by atoms with Crippen molar-refractivity contribution in [2.24, 2.45) is 0 Å². The van der Waals surface area contributed by atoms with Gasteiger partial charge in [0.05, 0.1) is 0 Å². The Morgan fingerprint density at radius 2 is 1.45 bits per heavy atom. The van der Waals surface area contributed by atoms with Gasteiger partial charge in [0.2, 0.25) is 0 Å². The van der Waals surface area contributed by atoms with Crippen molar-refractivity contribution in [3.63, 3.8) is 0 Å². The summed E-state index contributed by atoms with van der Waals surface area (Å²) in [5.74, 6) is 1.42. The van der Waals surface area contributed by atoms with E-state index in [4.69, 9.17) is 4.42 Å². The monoisotopic (exact) mass is 286 g/mol. The lowest BCUT2D eigenvalue weighted by atomic mass is 9.95. The van der Waals surface area contributed by atoms with Crippen molar-refractivity contribution in [1.29, 1.82) is 0 Å². The highest BCUT2D eigenvalue weighted by atomic mass is 16.3. The van der Waals surface area contributed by atoms with E-state index in [2.05, 4.69) is 74.5 Å². The summed E-state index contributed by atoms with van der Waals surface area (Å²) in [6.45, 7) is 4.46. The SMILES string of the molecule is CC(C)c1c(-c2ccccc2)oc2c1ccc1ccccc12. The number of hydrogen-bond donors (Lipinski definition) is 0. The summed E-state index contributed by atoms with van der Waals surface area (Å²) in [4.78, 5) is 0. The fraction of sp³-hybridized carbons (Fsp3) is 0.143. The molecule has 0 fully saturated rings. The van der Waals surface area contributed by atoms with E-state index in [0.717, 1.165) is 16.9 Å². The second-order valence-corrected chi connectivity index (χ2v) is 6.03. The minimum Gasteiger partial charge on any atom is -0.455 e. The Kier molecular flexibility index (Phi) is 3.00. The van der Waals surface area contributed by atoms with Gasteiger partial charge in [-0.2, -0.15) is 0 Å². The molecule has 0 amide bonds. The summed E-state index contributed by atoms with van der Waals surface area (Å²) >= 11 is 0. The van der Waals surface area contributed by atoms with Gasteiger partial charge < -0.3 is 4.42 Å². The molecule has 0 radical (unpaired) electrons. The Morgan fingerprint density at radius 3 is 2.23 bits per heavy atom. The van der Waals surface area contributed by atoms with E-state index in [9.17, 15) is 0 Å². The number of rotatable bonds is 2. The molecule has 0 atom stereocenters. The third-order valence-corrected chi connectivity index (χ3v) is 4.23. The standard InChI is InChI=1S/C21H18O/c1-14(2)19-18-13-12-15-8-6-7-11-17(15)21(18)22-20(19)16-9-4-3-5-10-16/h3-14H,1-2H3. The van der Waals surface area contributed by atoms with E-state index in [1.807, 2.05) is 6.07 Å². The molecule has 0 aliphatic heterocycles. The lowest BCUT2D eigenvalue weighted by molar-refractivity contribution is 0.626. The molecule has 0 saturated heterocycles. The Hall–Kier alpha value is -2.54. The second kappa shape index (κ2) is 5.03. The molecule has 1 aromatic heterocycles. The van der Waals surface area contributed by atoms with Crippen molar-refractivity contribution in [2.45, 2.75) is 19.8 Å². The van der Waals surface area contributed by atoms with Gasteiger partial charge in [-0.05, 0) is 11.3 Å². The molecule has 1 nitrogen and oxygen atoms in total. The highest BCUT2D eigenvalue weighted by molar-refractivity contribution is 6.07. The van der Waals surface area contributed by atoms with Crippen molar-refractivity contribution in [3.05, 3.63) is 72.3 Å². The lowest BCUT2D eigenvalue weighted by Crippen LogP contribution is -1.88. The second-order valence-electron chi connectivity index (χ2n) is 6.03. The zero-order valence-corrected chi connectivity index (χ0v) is 12.8. The first-order valence-corrected chi connectivity index (χ1v) is 7.75. The topological polar surface area (TPSA) is 13.1 Å². The molecule has 0 bridgehead atoms. The predicted molar refractivity (Wildman–Crippen MR) is 93.2 cm³/mol. The number of hydrogen-bond acceptors (Lipinski definition) is 1. The van der Waals surface area contributed by atoms with Crippen LogP contribution in [0.15, 0.2) is 71.1 Å². The van der Waals surface area contributed by atoms with Crippen LogP contribution in [0.1, 0.15) is 25.3 Å². The third kappa shape index (κ3) is 1.93. The van der Waals surface area contributed by atoms with Gasteiger partial charge in [0.1, 0.15) is 11.3 Å². The number of furan rings is 1. The molecule has 4 rings (SSSR count). The molecule has 22 heavy (non-hydrogen) atoms. The van der Waals surface area contributed by atoms with Gasteiger partial charge in [0.25, 0.3) is 0 Å². The molecular weight excluding hydrogens is 268 g/mol. The van der Waals surface area contributed by atoms with Gasteiger partial charge in [0, 0.05) is 21.9 Å². The maximum Gasteiger partial charge on any atom is 0.142 e. The van der Waals surface area contributed by atoms with Crippen LogP contribution in [-0.2, 0) is 0 Å². The normalized spacial score (nSPS) is 11.6. The summed E-state index contributed by atoms with van der Waals surface area (Å²) in [5.41, 5.74) is 3.44. The van der Waals surface area contributed by atoms with Crippen LogP contribution in [0.5, 0.6) is 0 Å². The van der Waals surface area contributed by atoms with E-state index in [-0.39, 0.29) is 0 Å². The Labute approximate surface area is 130 Å².